The monoisotopic (exact) mass is 384 g/mol. The Morgan fingerprint density at radius 3 is 2.52 bits per heavy atom. The molecule has 2 aromatic heterocycles. The van der Waals surface area contributed by atoms with Gasteiger partial charge in [0.05, 0.1) is 0 Å². The summed E-state index contributed by atoms with van der Waals surface area (Å²) in [5, 5.41) is 2.93. The number of carbonyl (C=O) groups is 1. The summed E-state index contributed by atoms with van der Waals surface area (Å²) in [7, 11) is 1.68. The van der Waals surface area contributed by atoms with E-state index in [9.17, 15) is 9.59 Å². The molecule has 0 aliphatic rings. The molecule has 4 aromatic rings. The molecule has 2 aromatic carbocycles. The first-order valence-corrected chi connectivity index (χ1v) is 9.25. The van der Waals surface area contributed by atoms with Crippen molar-refractivity contribution in [3.8, 4) is 11.3 Å². The van der Waals surface area contributed by atoms with Crippen LogP contribution in [0.3, 0.4) is 0 Å². The van der Waals surface area contributed by atoms with Gasteiger partial charge in [-0.1, -0.05) is 29.8 Å². The lowest BCUT2D eigenvalue weighted by molar-refractivity contribution is 0.102. The molecule has 0 radical (unpaired) electrons. The zero-order valence-electron chi connectivity index (χ0n) is 16.4. The fourth-order valence-corrected chi connectivity index (χ4v) is 3.27. The standard InChI is InChI=1S/C23H20N4O2/c1-14-6-11-18(15(2)13-14)26-22(28)17-9-7-16(8-10-17)20-23(29)27(3)21-19(25-20)5-4-12-24-21/h4-13H,1-3H3,(H,26,28). The minimum Gasteiger partial charge on any atom is -0.322 e. The van der Waals surface area contributed by atoms with Gasteiger partial charge in [-0.3, -0.25) is 14.2 Å². The highest BCUT2D eigenvalue weighted by atomic mass is 16.1. The minimum atomic E-state index is -0.233. The Balaban J connectivity index is 1.64. The van der Waals surface area contributed by atoms with E-state index in [0.29, 0.717) is 28.0 Å². The Morgan fingerprint density at radius 2 is 1.79 bits per heavy atom. The molecule has 0 atom stereocenters. The van der Waals surface area contributed by atoms with Crippen LogP contribution < -0.4 is 10.9 Å². The maximum absolute atomic E-state index is 12.7. The van der Waals surface area contributed by atoms with E-state index in [2.05, 4.69) is 15.3 Å². The third-order valence-corrected chi connectivity index (χ3v) is 4.87. The number of anilines is 1. The van der Waals surface area contributed by atoms with Gasteiger partial charge in [-0.2, -0.15) is 0 Å². The van der Waals surface area contributed by atoms with Crippen LogP contribution >= 0.6 is 0 Å². The smallest absolute Gasteiger partial charge is 0.278 e. The third-order valence-electron chi connectivity index (χ3n) is 4.87. The molecule has 2 heterocycles. The number of fused-ring (bicyclic) bond motifs is 1. The summed E-state index contributed by atoms with van der Waals surface area (Å²) in [5.41, 5.74) is 5.36. The SMILES string of the molecule is Cc1ccc(NC(=O)c2ccc(-c3nc4cccnc4n(C)c3=O)cc2)c(C)c1. The van der Waals surface area contributed by atoms with Gasteiger partial charge >= 0.3 is 0 Å². The topological polar surface area (TPSA) is 76.9 Å². The van der Waals surface area contributed by atoms with Crippen molar-refractivity contribution in [2.24, 2.45) is 7.05 Å². The van der Waals surface area contributed by atoms with Gasteiger partial charge in [0.1, 0.15) is 11.2 Å². The Bertz CT molecular complexity index is 1290. The van der Waals surface area contributed by atoms with E-state index in [0.717, 1.165) is 16.8 Å². The molecule has 0 aliphatic heterocycles. The van der Waals surface area contributed by atoms with Crippen LogP contribution in [-0.4, -0.2) is 20.4 Å². The van der Waals surface area contributed by atoms with Crippen LogP contribution in [0.5, 0.6) is 0 Å². The van der Waals surface area contributed by atoms with Crippen molar-refractivity contribution in [1.29, 1.82) is 0 Å². The van der Waals surface area contributed by atoms with E-state index in [1.807, 2.05) is 38.1 Å². The van der Waals surface area contributed by atoms with Crippen LogP contribution in [0.15, 0.2) is 65.6 Å². The number of nitrogens with zero attached hydrogens (tertiary/aromatic N) is 3. The van der Waals surface area contributed by atoms with Crippen molar-refractivity contribution in [3.63, 3.8) is 0 Å². The Kier molecular flexibility index (Phi) is 4.68. The maximum Gasteiger partial charge on any atom is 0.278 e. The van der Waals surface area contributed by atoms with E-state index in [1.165, 1.54) is 4.57 Å². The van der Waals surface area contributed by atoms with E-state index in [-0.39, 0.29) is 11.5 Å². The minimum absolute atomic E-state index is 0.202. The predicted octanol–water partition coefficient (Wildman–Crippen LogP) is 3.86. The number of aromatic nitrogens is 3. The molecule has 6 heteroatoms. The first kappa shape index (κ1) is 18.6. The fourth-order valence-electron chi connectivity index (χ4n) is 3.27. The molecule has 0 saturated carbocycles. The van der Waals surface area contributed by atoms with Gasteiger partial charge in [-0.15, -0.1) is 0 Å². The summed E-state index contributed by atoms with van der Waals surface area (Å²) in [6.45, 7) is 3.97. The average molecular weight is 384 g/mol. The first-order valence-electron chi connectivity index (χ1n) is 9.25. The molecular weight excluding hydrogens is 364 g/mol. The molecule has 1 N–H and O–H groups in total. The number of carbonyl (C=O) groups excluding carboxylic acids is 1. The van der Waals surface area contributed by atoms with E-state index < -0.39 is 0 Å². The first-order chi connectivity index (χ1) is 13.9. The number of hydrogen-bond acceptors (Lipinski definition) is 4. The van der Waals surface area contributed by atoms with Crippen LogP contribution in [0.4, 0.5) is 5.69 Å². The van der Waals surface area contributed by atoms with Gasteiger partial charge in [0.25, 0.3) is 11.5 Å². The molecule has 144 valence electrons. The molecule has 0 unspecified atom stereocenters. The second-order valence-electron chi connectivity index (χ2n) is 7.02. The molecule has 0 fully saturated rings. The van der Waals surface area contributed by atoms with Crippen molar-refractivity contribution in [1.82, 2.24) is 14.5 Å². The number of hydrogen-bond donors (Lipinski definition) is 1. The number of aryl methyl sites for hydroxylation is 3. The summed E-state index contributed by atoms with van der Waals surface area (Å²) < 4.78 is 1.48. The van der Waals surface area contributed by atoms with Crippen molar-refractivity contribution >= 4 is 22.8 Å². The number of amides is 1. The zero-order chi connectivity index (χ0) is 20.5. The quantitative estimate of drug-likeness (QED) is 0.582. The molecule has 0 saturated heterocycles. The maximum atomic E-state index is 12.7. The van der Waals surface area contributed by atoms with Gasteiger partial charge in [0.15, 0.2) is 5.65 Å². The Labute approximate surface area is 167 Å². The largest absolute Gasteiger partial charge is 0.322 e. The third kappa shape index (κ3) is 3.52. The van der Waals surface area contributed by atoms with E-state index in [4.69, 9.17) is 0 Å². The molecule has 1 amide bonds. The molecular formula is C23H20N4O2. The Hall–Kier alpha value is -3.80. The van der Waals surface area contributed by atoms with Gasteiger partial charge in [0, 0.05) is 30.1 Å². The summed E-state index contributed by atoms with van der Waals surface area (Å²) >= 11 is 0. The normalized spacial score (nSPS) is 10.9. The molecule has 0 aliphatic carbocycles. The van der Waals surface area contributed by atoms with Crippen LogP contribution in [0.25, 0.3) is 22.4 Å². The Morgan fingerprint density at radius 1 is 1.03 bits per heavy atom. The highest BCUT2D eigenvalue weighted by Gasteiger charge is 2.13. The van der Waals surface area contributed by atoms with Gasteiger partial charge < -0.3 is 5.32 Å². The molecule has 6 nitrogen and oxygen atoms in total. The van der Waals surface area contributed by atoms with Crippen molar-refractivity contribution in [2.75, 3.05) is 5.32 Å². The number of pyridine rings is 1. The van der Waals surface area contributed by atoms with Crippen LogP contribution in [0.1, 0.15) is 21.5 Å². The summed E-state index contributed by atoms with van der Waals surface area (Å²) in [6, 6.07) is 16.3. The van der Waals surface area contributed by atoms with Crippen LogP contribution in [0.2, 0.25) is 0 Å². The van der Waals surface area contributed by atoms with Crippen molar-refractivity contribution in [2.45, 2.75) is 13.8 Å². The second-order valence-corrected chi connectivity index (χ2v) is 7.02. The number of rotatable bonds is 3. The summed E-state index contributed by atoms with van der Waals surface area (Å²) in [6.07, 6.45) is 1.63. The lowest BCUT2D eigenvalue weighted by Crippen LogP contribution is -2.21. The zero-order valence-corrected chi connectivity index (χ0v) is 16.4. The fraction of sp³-hybridized carbons (Fsp3) is 0.130. The van der Waals surface area contributed by atoms with Crippen LogP contribution in [-0.2, 0) is 7.05 Å². The molecule has 29 heavy (non-hydrogen) atoms. The van der Waals surface area contributed by atoms with Crippen molar-refractivity contribution < 1.29 is 4.79 Å². The van der Waals surface area contributed by atoms with Crippen molar-refractivity contribution in [3.05, 3.63) is 87.8 Å². The highest BCUT2D eigenvalue weighted by molar-refractivity contribution is 6.04. The van der Waals surface area contributed by atoms with Gasteiger partial charge in [0.2, 0.25) is 0 Å². The average Bonchev–Trinajstić information content (AvgIpc) is 2.73. The second kappa shape index (κ2) is 7.31. The lowest BCUT2D eigenvalue weighted by Gasteiger charge is -2.10. The predicted molar refractivity (Wildman–Crippen MR) is 114 cm³/mol. The molecule has 4 rings (SSSR count). The molecule has 0 bridgehead atoms. The van der Waals surface area contributed by atoms with Gasteiger partial charge in [-0.25, -0.2) is 9.97 Å². The van der Waals surface area contributed by atoms with E-state index >= 15 is 0 Å². The molecule has 0 spiro atoms. The summed E-state index contributed by atoms with van der Waals surface area (Å²) in [5.74, 6) is -0.202. The summed E-state index contributed by atoms with van der Waals surface area (Å²) in [4.78, 5) is 34.0. The number of nitrogens with one attached hydrogen (secondary N) is 1. The van der Waals surface area contributed by atoms with Crippen LogP contribution in [0, 0.1) is 13.8 Å². The highest BCUT2D eigenvalue weighted by Crippen LogP contribution is 2.20. The van der Waals surface area contributed by atoms with E-state index in [1.54, 1.807) is 43.6 Å². The number of benzene rings is 2. The lowest BCUT2D eigenvalue weighted by atomic mass is 10.1. The van der Waals surface area contributed by atoms with Gasteiger partial charge in [-0.05, 0) is 49.7 Å².